The number of morpholine rings is 1. The third-order valence-corrected chi connectivity index (χ3v) is 8.18. The number of benzene rings is 1. The second-order valence-corrected chi connectivity index (χ2v) is 11.2. The monoisotopic (exact) mass is 628 g/mol. The lowest BCUT2D eigenvalue weighted by atomic mass is 10.0. The number of carbonyl (C=O) groups is 2. The van der Waals surface area contributed by atoms with Crippen LogP contribution in [0.15, 0.2) is 49.1 Å². The van der Waals surface area contributed by atoms with Crippen LogP contribution in [-0.2, 0) is 16.1 Å². The number of likely N-dealkylation sites (tertiary alicyclic amines) is 1. The fourth-order valence-corrected chi connectivity index (χ4v) is 6.00. The third-order valence-electron chi connectivity index (χ3n) is 7.95. The summed E-state index contributed by atoms with van der Waals surface area (Å²) in [6, 6.07) is 6.53. The Balaban J connectivity index is 1.24. The van der Waals surface area contributed by atoms with E-state index in [2.05, 4.69) is 32.3 Å². The number of fused-ring (bicyclic) bond motifs is 1. The summed E-state index contributed by atoms with van der Waals surface area (Å²) in [7, 11) is 0. The van der Waals surface area contributed by atoms with E-state index in [0.717, 1.165) is 19.4 Å². The van der Waals surface area contributed by atoms with Crippen LogP contribution in [-0.4, -0.2) is 97.5 Å². The minimum atomic E-state index is -3.11. The molecule has 2 saturated heterocycles. The van der Waals surface area contributed by atoms with Gasteiger partial charge in [0.1, 0.15) is 23.6 Å². The molecule has 3 aromatic heterocycles. The van der Waals surface area contributed by atoms with E-state index in [1.807, 2.05) is 0 Å². The molecule has 6 rings (SSSR count). The standard InChI is InChI=1S/C29H31ClF2N8O4/c1-18-17-43-12-11-39(18)20-5-9-37(10-6-20)25(41)16-38-15-23(35-28(42)22-14-34-40-8-2-7-33-27(22)40)26(36-38)21-13-19(30)3-4-24(21)44-29(31)32/h2-4,7-8,13-15,18,20,29H,5-6,9-12,16-17H2,1H3,(H,35,42). The molecule has 0 bridgehead atoms. The average molecular weight is 629 g/mol. The lowest BCUT2D eigenvalue weighted by Gasteiger charge is -2.43. The van der Waals surface area contributed by atoms with Crippen molar-refractivity contribution in [2.45, 2.75) is 45.0 Å². The molecule has 0 spiro atoms. The highest BCUT2D eigenvalue weighted by molar-refractivity contribution is 6.31. The van der Waals surface area contributed by atoms with Crippen molar-refractivity contribution in [3.63, 3.8) is 0 Å². The van der Waals surface area contributed by atoms with Gasteiger partial charge in [0.25, 0.3) is 5.91 Å². The predicted molar refractivity (Wildman–Crippen MR) is 157 cm³/mol. The smallest absolute Gasteiger partial charge is 0.387 e. The first-order valence-corrected chi connectivity index (χ1v) is 14.7. The average Bonchev–Trinajstić information content (AvgIpc) is 3.62. The zero-order valence-electron chi connectivity index (χ0n) is 23.9. The highest BCUT2D eigenvalue weighted by Crippen LogP contribution is 2.37. The molecule has 2 fully saturated rings. The number of rotatable bonds is 8. The molecule has 0 aliphatic carbocycles. The SMILES string of the molecule is CC1COCCN1C1CCN(C(=O)Cn2cc(NC(=O)c3cnn4cccnc34)c(-c3cc(Cl)ccc3OC(F)F)n2)CC1. The van der Waals surface area contributed by atoms with Gasteiger partial charge >= 0.3 is 6.61 Å². The molecule has 5 heterocycles. The van der Waals surface area contributed by atoms with Gasteiger partial charge in [-0.25, -0.2) is 9.50 Å². The summed E-state index contributed by atoms with van der Waals surface area (Å²) in [5, 5.41) is 11.7. The number of alkyl halides is 2. The molecule has 1 unspecified atom stereocenters. The van der Waals surface area contributed by atoms with E-state index in [4.69, 9.17) is 21.1 Å². The lowest BCUT2D eigenvalue weighted by Crippen LogP contribution is -2.53. The first-order chi connectivity index (χ1) is 21.3. The molecule has 2 amide bonds. The molecule has 2 aliphatic rings. The maximum absolute atomic E-state index is 13.4. The van der Waals surface area contributed by atoms with E-state index in [0.29, 0.717) is 44.0 Å². The van der Waals surface area contributed by atoms with Gasteiger partial charge in [0.2, 0.25) is 5.91 Å². The largest absolute Gasteiger partial charge is 0.434 e. The van der Waals surface area contributed by atoms with Crippen LogP contribution in [0.1, 0.15) is 30.1 Å². The number of carbonyl (C=O) groups excluding carboxylic acids is 2. The molecule has 12 nitrogen and oxygen atoms in total. The van der Waals surface area contributed by atoms with Crippen molar-refractivity contribution in [1.29, 1.82) is 0 Å². The maximum Gasteiger partial charge on any atom is 0.387 e. The van der Waals surface area contributed by atoms with Crippen LogP contribution in [0.2, 0.25) is 5.02 Å². The Labute approximate surface area is 256 Å². The van der Waals surface area contributed by atoms with Gasteiger partial charge < -0.3 is 19.7 Å². The van der Waals surface area contributed by atoms with Crippen LogP contribution >= 0.6 is 11.6 Å². The molecule has 1 atom stereocenters. The summed E-state index contributed by atoms with van der Waals surface area (Å²) in [6.45, 7) is 2.46. The number of amides is 2. The van der Waals surface area contributed by atoms with Gasteiger partial charge in [0.15, 0.2) is 5.65 Å². The molecule has 232 valence electrons. The van der Waals surface area contributed by atoms with Crippen molar-refractivity contribution in [1.82, 2.24) is 34.2 Å². The molecule has 1 N–H and O–H groups in total. The number of hydrogen-bond acceptors (Lipinski definition) is 8. The second kappa shape index (κ2) is 12.8. The normalized spacial score (nSPS) is 18.2. The number of ether oxygens (including phenoxy) is 2. The fourth-order valence-electron chi connectivity index (χ4n) is 5.82. The highest BCUT2D eigenvalue weighted by Gasteiger charge is 2.31. The van der Waals surface area contributed by atoms with E-state index in [1.54, 1.807) is 17.2 Å². The summed E-state index contributed by atoms with van der Waals surface area (Å²) in [5.41, 5.74) is 0.910. The second-order valence-electron chi connectivity index (χ2n) is 10.8. The Morgan fingerprint density at radius 2 is 2.05 bits per heavy atom. The summed E-state index contributed by atoms with van der Waals surface area (Å²) in [5.74, 6) is -0.885. The molecule has 0 saturated carbocycles. The summed E-state index contributed by atoms with van der Waals surface area (Å²) in [6.07, 6.45) is 7.75. The topological polar surface area (TPSA) is 119 Å². The van der Waals surface area contributed by atoms with E-state index in [1.165, 1.54) is 46.0 Å². The number of nitrogens with one attached hydrogen (secondary N) is 1. The van der Waals surface area contributed by atoms with Crippen molar-refractivity contribution in [3.05, 3.63) is 59.6 Å². The minimum absolute atomic E-state index is 0.105. The number of halogens is 3. The van der Waals surface area contributed by atoms with Crippen LogP contribution in [0.4, 0.5) is 14.5 Å². The van der Waals surface area contributed by atoms with Gasteiger partial charge in [0, 0.05) is 60.9 Å². The lowest BCUT2D eigenvalue weighted by molar-refractivity contribution is -0.134. The summed E-state index contributed by atoms with van der Waals surface area (Å²) in [4.78, 5) is 35.2. The number of anilines is 1. The van der Waals surface area contributed by atoms with E-state index < -0.39 is 12.5 Å². The highest BCUT2D eigenvalue weighted by atomic mass is 35.5. The molecular formula is C29H31ClF2N8O4. The van der Waals surface area contributed by atoms with Gasteiger partial charge in [-0.15, -0.1) is 0 Å². The first kappa shape index (κ1) is 29.9. The molecule has 15 heteroatoms. The van der Waals surface area contributed by atoms with Crippen molar-refractivity contribution < 1.29 is 27.8 Å². The van der Waals surface area contributed by atoms with Gasteiger partial charge in [-0.05, 0) is 44.0 Å². The molecular weight excluding hydrogens is 598 g/mol. The Hall–Kier alpha value is -4.14. The maximum atomic E-state index is 13.4. The predicted octanol–water partition coefficient (Wildman–Crippen LogP) is 3.81. The van der Waals surface area contributed by atoms with Crippen LogP contribution in [0.25, 0.3) is 16.9 Å². The van der Waals surface area contributed by atoms with Crippen molar-refractivity contribution in [3.8, 4) is 17.0 Å². The number of aromatic nitrogens is 5. The van der Waals surface area contributed by atoms with Crippen LogP contribution in [0.5, 0.6) is 5.75 Å². The summed E-state index contributed by atoms with van der Waals surface area (Å²) < 4.78 is 39.7. The van der Waals surface area contributed by atoms with E-state index in [-0.39, 0.29) is 45.7 Å². The number of nitrogens with zero attached hydrogens (tertiary/aromatic N) is 7. The number of piperidine rings is 1. The van der Waals surface area contributed by atoms with Gasteiger partial charge in [-0.2, -0.15) is 19.0 Å². The van der Waals surface area contributed by atoms with Gasteiger partial charge in [-0.1, -0.05) is 11.6 Å². The zero-order chi connectivity index (χ0) is 30.8. The zero-order valence-corrected chi connectivity index (χ0v) is 24.7. The molecule has 2 aliphatic heterocycles. The molecule has 1 aromatic carbocycles. The van der Waals surface area contributed by atoms with Gasteiger partial charge in [-0.3, -0.25) is 19.2 Å². The Kier molecular flexibility index (Phi) is 8.73. The van der Waals surface area contributed by atoms with Gasteiger partial charge in [0.05, 0.1) is 25.1 Å². The molecule has 0 radical (unpaired) electrons. The van der Waals surface area contributed by atoms with E-state index >= 15 is 0 Å². The minimum Gasteiger partial charge on any atom is -0.434 e. The first-order valence-electron chi connectivity index (χ1n) is 14.3. The Bertz CT molecular complexity index is 1660. The Morgan fingerprint density at radius 3 is 2.82 bits per heavy atom. The third kappa shape index (κ3) is 6.37. The van der Waals surface area contributed by atoms with Crippen LogP contribution in [0, 0.1) is 0 Å². The van der Waals surface area contributed by atoms with E-state index in [9.17, 15) is 18.4 Å². The van der Waals surface area contributed by atoms with Crippen molar-refractivity contribution in [2.24, 2.45) is 0 Å². The fraction of sp³-hybridized carbons (Fsp3) is 0.414. The van der Waals surface area contributed by atoms with Crippen molar-refractivity contribution >= 4 is 34.7 Å². The van der Waals surface area contributed by atoms with Crippen LogP contribution < -0.4 is 10.1 Å². The molecule has 4 aromatic rings. The van der Waals surface area contributed by atoms with Crippen LogP contribution in [0.3, 0.4) is 0 Å². The summed E-state index contributed by atoms with van der Waals surface area (Å²) >= 11 is 6.22. The molecule has 44 heavy (non-hydrogen) atoms. The number of hydrogen-bond donors (Lipinski definition) is 1. The van der Waals surface area contributed by atoms with Crippen molar-refractivity contribution in [2.75, 3.05) is 38.2 Å². The Morgan fingerprint density at radius 1 is 1.23 bits per heavy atom. The quantitative estimate of drug-likeness (QED) is 0.313.